The molecule has 3 heterocycles. The summed E-state index contributed by atoms with van der Waals surface area (Å²) in [5, 5.41) is 13.3. The summed E-state index contributed by atoms with van der Waals surface area (Å²) < 4.78 is 24.4. The Labute approximate surface area is 255 Å². The standard InChI is InChI=1S/C29H21FN4O8S2/c1-41-20-12-14(2-11-19(20)42-13-21(35)31-16-5-3-15(30)4-6-16)22-23-25(43-26-24(22)44-29(38)32-26)28(37)33(27(23)36)17-7-9-18(10-8-17)34(39)40/h2-12,22-23,25H,13H2,1H3,(H,31,35)(H,32,38)/t22-,23-,25+/m0/s1. The molecule has 3 aromatic carbocycles. The van der Waals surface area contributed by atoms with Crippen molar-refractivity contribution in [2.24, 2.45) is 5.92 Å². The van der Waals surface area contributed by atoms with Gasteiger partial charge in [0, 0.05) is 28.6 Å². The predicted molar refractivity (Wildman–Crippen MR) is 159 cm³/mol. The number of nitrogens with one attached hydrogen (secondary N) is 2. The second kappa shape index (κ2) is 11.6. The van der Waals surface area contributed by atoms with E-state index in [1.807, 2.05) is 0 Å². The number of benzene rings is 3. The Kier molecular flexibility index (Phi) is 7.65. The zero-order chi connectivity index (χ0) is 31.1. The number of rotatable bonds is 8. The highest BCUT2D eigenvalue weighted by Gasteiger charge is 2.56. The lowest BCUT2D eigenvalue weighted by atomic mass is 9.83. The number of non-ortho nitro benzene ring substituents is 1. The molecule has 0 radical (unpaired) electrons. The Hall–Kier alpha value is -5.02. The number of hydrogen-bond donors (Lipinski definition) is 2. The molecular formula is C29H21FN4O8S2. The van der Waals surface area contributed by atoms with E-state index in [4.69, 9.17) is 9.47 Å². The molecule has 3 amide bonds. The summed E-state index contributed by atoms with van der Waals surface area (Å²) in [5.74, 6) is -3.04. The number of ether oxygens (including phenoxy) is 2. The largest absolute Gasteiger partial charge is 0.493 e. The van der Waals surface area contributed by atoms with Gasteiger partial charge in [0.15, 0.2) is 18.1 Å². The maximum Gasteiger partial charge on any atom is 0.305 e. The number of amides is 3. The summed E-state index contributed by atoms with van der Waals surface area (Å²) in [7, 11) is 1.41. The first-order valence-electron chi connectivity index (χ1n) is 13.0. The van der Waals surface area contributed by atoms with Crippen LogP contribution in [0.5, 0.6) is 11.5 Å². The summed E-state index contributed by atoms with van der Waals surface area (Å²) in [6, 6.07) is 15.3. The molecule has 0 unspecified atom stereocenters. The highest BCUT2D eigenvalue weighted by Crippen LogP contribution is 2.53. The van der Waals surface area contributed by atoms with Gasteiger partial charge in [0.2, 0.25) is 11.8 Å². The number of imide groups is 1. The van der Waals surface area contributed by atoms with Crippen molar-refractivity contribution in [2.45, 2.75) is 16.2 Å². The molecule has 1 saturated heterocycles. The zero-order valence-corrected chi connectivity index (χ0v) is 24.3. The van der Waals surface area contributed by atoms with E-state index in [9.17, 15) is 33.7 Å². The molecular weight excluding hydrogens is 615 g/mol. The van der Waals surface area contributed by atoms with Crippen molar-refractivity contribution in [1.29, 1.82) is 0 Å². The number of nitrogens with zero attached hydrogens (tertiary/aromatic N) is 2. The number of halogens is 1. The van der Waals surface area contributed by atoms with Crippen LogP contribution < -0.4 is 24.6 Å². The minimum absolute atomic E-state index is 0.181. The van der Waals surface area contributed by atoms with Crippen LogP contribution in [0.2, 0.25) is 0 Å². The molecule has 224 valence electrons. The van der Waals surface area contributed by atoms with Crippen LogP contribution >= 0.6 is 23.1 Å². The molecule has 2 aliphatic rings. The molecule has 2 aliphatic heterocycles. The number of carbonyl (C=O) groups is 3. The maximum absolute atomic E-state index is 13.9. The van der Waals surface area contributed by atoms with E-state index < -0.39 is 45.5 Å². The number of nitro benzene ring substituents is 1. The van der Waals surface area contributed by atoms with Gasteiger partial charge in [-0.1, -0.05) is 29.2 Å². The fraction of sp³-hybridized carbons (Fsp3) is 0.172. The fourth-order valence-corrected chi connectivity index (χ4v) is 7.74. The van der Waals surface area contributed by atoms with E-state index in [2.05, 4.69) is 10.3 Å². The molecule has 2 N–H and O–H groups in total. The fourth-order valence-electron chi connectivity index (χ4n) is 5.22. The van der Waals surface area contributed by atoms with Crippen LogP contribution in [0, 0.1) is 21.8 Å². The van der Waals surface area contributed by atoms with Crippen molar-refractivity contribution >= 4 is 57.9 Å². The van der Waals surface area contributed by atoms with Gasteiger partial charge in [0.1, 0.15) is 11.1 Å². The second-order valence-corrected chi connectivity index (χ2v) is 12.0. The molecule has 12 nitrogen and oxygen atoms in total. The summed E-state index contributed by atoms with van der Waals surface area (Å²) in [5.41, 5.74) is 0.992. The number of aromatic amines is 1. The number of thiazole rings is 1. The van der Waals surface area contributed by atoms with E-state index >= 15 is 0 Å². The molecule has 15 heteroatoms. The lowest BCUT2D eigenvalue weighted by molar-refractivity contribution is -0.384. The molecule has 0 bridgehead atoms. The number of aromatic nitrogens is 1. The Morgan fingerprint density at radius 3 is 2.45 bits per heavy atom. The first kappa shape index (κ1) is 29.1. The van der Waals surface area contributed by atoms with Crippen molar-refractivity contribution in [1.82, 2.24) is 4.98 Å². The second-order valence-electron chi connectivity index (χ2n) is 9.79. The number of carbonyl (C=O) groups excluding carboxylic acids is 3. The molecule has 4 aromatic rings. The minimum atomic E-state index is -0.889. The van der Waals surface area contributed by atoms with E-state index in [1.165, 1.54) is 55.6 Å². The van der Waals surface area contributed by atoms with Crippen LogP contribution in [0.15, 0.2) is 76.6 Å². The van der Waals surface area contributed by atoms with Gasteiger partial charge in [-0.2, -0.15) is 0 Å². The van der Waals surface area contributed by atoms with Crippen molar-refractivity contribution in [3.63, 3.8) is 0 Å². The van der Waals surface area contributed by atoms with E-state index in [0.29, 0.717) is 21.2 Å². The lowest BCUT2D eigenvalue weighted by Crippen LogP contribution is -2.32. The molecule has 3 atom stereocenters. The third-order valence-electron chi connectivity index (χ3n) is 7.18. The lowest BCUT2D eigenvalue weighted by Gasteiger charge is -2.30. The topological polar surface area (TPSA) is 161 Å². The zero-order valence-electron chi connectivity index (χ0n) is 22.6. The third-order valence-corrected chi connectivity index (χ3v) is 9.58. The van der Waals surface area contributed by atoms with E-state index in [0.717, 1.165) is 28.0 Å². The van der Waals surface area contributed by atoms with Crippen LogP contribution in [0.3, 0.4) is 0 Å². The number of anilines is 2. The molecule has 1 fully saturated rings. The van der Waals surface area contributed by atoms with E-state index in [1.54, 1.807) is 18.2 Å². The highest BCUT2D eigenvalue weighted by molar-refractivity contribution is 8.00. The Morgan fingerprint density at radius 1 is 1.05 bits per heavy atom. The summed E-state index contributed by atoms with van der Waals surface area (Å²) in [6.45, 7) is -0.376. The van der Waals surface area contributed by atoms with Gasteiger partial charge < -0.3 is 19.8 Å². The molecule has 44 heavy (non-hydrogen) atoms. The Bertz CT molecular complexity index is 1860. The number of thioether (sulfide) groups is 1. The van der Waals surface area contributed by atoms with Gasteiger partial charge in [-0.3, -0.25) is 29.3 Å². The monoisotopic (exact) mass is 636 g/mol. The smallest absolute Gasteiger partial charge is 0.305 e. The Morgan fingerprint density at radius 2 is 1.77 bits per heavy atom. The van der Waals surface area contributed by atoms with Crippen LogP contribution in [0.25, 0.3) is 0 Å². The summed E-state index contributed by atoms with van der Waals surface area (Å²) in [4.78, 5) is 66.8. The van der Waals surface area contributed by atoms with Crippen molar-refractivity contribution < 1.29 is 33.2 Å². The SMILES string of the molecule is COc1cc([C@@H]2c3sc(=O)[nH]c3S[C@H]3C(=O)N(c4ccc([N+](=O)[O-])cc4)C(=O)[C@@H]23)ccc1OCC(=O)Nc1ccc(F)cc1. The molecule has 0 spiro atoms. The number of nitro groups is 1. The van der Waals surface area contributed by atoms with E-state index in [-0.39, 0.29) is 34.4 Å². The van der Waals surface area contributed by atoms with Crippen LogP contribution in [-0.2, 0) is 14.4 Å². The summed E-state index contributed by atoms with van der Waals surface area (Å²) >= 11 is 2.05. The van der Waals surface area contributed by atoms with Crippen LogP contribution in [0.4, 0.5) is 21.5 Å². The number of hydrogen-bond acceptors (Lipinski definition) is 10. The number of H-pyrrole nitrogens is 1. The third kappa shape index (κ3) is 5.31. The normalized spacial score (nSPS) is 18.9. The van der Waals surface area contributed by atoms with Gasteiger partial charge >= 0.3 is 4.87 Å². The maximum atomic E-state index is 13.9. The molecule has 1 aromatic heterocycles. The van der Waals surface area contributed by atoms with Crippen LogP contribution in [0.1, 0.15) is 16.4 Å². The average molecular weight is 637 g/mol. The van der Waals surface area contributed by atoms with Gasteiger partial charge in [-0.15, -0.1) is 0 Å². The van der Waals surface area contributed by atoms with Gasteiger partial charge in [0.25, 0.3) is 11.6 Å². The molecule has 0 saturated carbocycles. The molecule has 0 aliphatic carbocycles. The first-order valence-corrected chi connectivity index (χ1v) is 14.7. The van der Waals surface area contributed by atoms with Crippen molar-refractivity contribution in [3.8, 4) is 11.5 Å². The Balaban J connectivity index is 1.29. The van der Waals surface area contributed by atoms with Crippen molar-refractivity contribution in [3.05, 3.63) is 103 Å². The molecule has 6 rings (SSSR count). The van der Waals surface area contributed by atoms with Gasteiger partial charge in [-0.25, -0.2) is 9.29 Å². The number of fused-ring (bicyclic) bond motifs is 2. The minimum Gasteiger partial charge on any atom is -0.493 e. The van der Waals surface area contributed by atoms with Gasteiger partial charge in [-0.05, 0) is 54.1 Å². The van der Waals surface area contributed by atoms with Crippen molar-refractivity contribution in [2.75, 3.05) is 23.9 Å². The quantitative estimate of drug-likeness (QED) is 0.163. The number of methoxy groups -OCH3 is 1. The average Bonchev–Trinajstić information content (AvgIpc) is 3.51. The predicted octanol–water partition coefficient (Wildman–Crippen LogP) is 4.31. The van der Waals surface area contributed by atoms with Gasteiger partial charge in [0.05, 0.1) is 28.7 Å². The summed E-state index contributed by atoms with van der Waals surface area (Å²) in [6.07, 6.45) is 0. The highest BCUT2D eigenvalue weighted by atomic mass is 32.2. The first-order chi connectivity index (χ1) is 21.1. The van der Waals surface area contributed by atoms with Crippen LogP contribution in [-0.4, -0.2) is 46.6 Å².